The monoisotopic (exact) mass is 287 g/mol. The third-order valence-electron chi connectivity index (χ3n) is 2.63. The summed E-state index contributed by atoms with van der Waals surface area (Å²) >= 11 is 0. The molecule has 2 rings (SSSR count). The van der Waals surface area contributed by atoms with Crippen LogP contribution >= 0.6 is 0 Å². The second-order valence-electron chi connectivity index (χ2n) is 3.93. The Bertz CT molecular complexity index is 637. The van der Waals surface area contributed by atoms with E-state index in [0.717, 1.165) is 6.20 Å². The van der Waals surface area contributed by atoms with Crippen molar-refractivity contribution in [1.29, 1.82) is 0 Å². The molecule has 0 atom stereocenters. The number of nitrogens with two attached hydrogens (primary N) is 1. The standard InChI is InChI=1S/C12H9F4N3O/c1-5-6(10(16)8(14)2-7(5)13)4-20-12-18-3-9(15)11(17)19-12/h2-3H,4H2,1H3,(H2,17,18,19). The van der Waals surface area contributed by atoms with Gasteiger partial charge in [-0.15, -0.1) is 0 Å². The molecular formula is C12H9F4N3O. The van der Waals surface area contributed by atoms with Gasteiger partial charge in [-0.25, -0.2) is 22.5 Å². The summed E-state index contributed by atoms with van der Waals surface area (Å²) in [4.78, 5) is 6.91. The molecule has 0 spiro atoms. The fourth-order valence-electron chi connectivity index (χ4n) is 1.48. The van der Waals surface area contributed by atoms with Crippen molar-refractivity contribution >= 4 is 5.82 Å². The van der Waals surface area contributed by atoms with Gasteiger partial charge in [0.2, 0.25) is 0 Å². The summed E-state index contributed by atoms with van der Waals surface area (Å²) in [7, 11) is 0. The van der Waals surface area contributed by atoms with Crippen LogP contribution in [0.3, 0.4) is 0 Å². The van der Waals surface area contributed by atoms with Crippen molar-refractivity contribution in [2.24, 2.45) is 0 Å². The lowest BCUT2D eigenvalue weighted by Gasteiger charge is -2.10. The number of aromatic nitrogens is 2. The van der Waals surface area contributed by atoms with Crippen LogP contribution in [0.15, 0.2) is 12.3 Å². The summed E-state index contributed by atoms with van der Waals surface area (Å²) < 4.78 is 57.7. The van der Waals surface area contributed by atoms with E-state index in [4.69, 9.17) is 10.5 Å². The smallest absolute Gasteiger partial charge is 0.318 e. The highest BCUT2D eigenvalue weighted by Crippen LogP contribution is 2.21. The number of nitrogen functional groups attached to an aromatic ring is 1. The van der Waals surface area contributed by atoms with E-state index in [9.17, 15) is 17.6 Å². The Morgan fingerprint density at radius 3 is 2.50 bits per heavy atom. The molecule has 8 heteroatoms. The van der Waals surface area contributed by atoms with Crippen LogP contribution in [0.1, 0.15) is 11.1 Å². The summed E-state index contributed by atoms with van der Waals surface area (Å²) in [5.74, 6) is -4.73. The summed E-state index contributed by atoms with van der Waals surface area (Å²) in [6.45, 7) is 0.758. The largest absolute Gasteiger partial charge is 0.458 e. The number of halogens is 4. The van der Waals surface area contributed by atoms with Crippen LogP contribution in [0.2, 0.25) is 0 Å². The second kappa shape index (κ2) is 5.32. The molecular weight excluding hydrogens is 278 g/mol. The summed E-state index contributed by atoms with van der Waals surface area (Å²) in [5, 5.41) is 0. The molecule has 0 aliphatic carbocycles. The van der Waals surface area contributed by atoms with Gasteiger partial charge in [0.25, 0.3) is 0 Å². The van der Waals surface area contributed by atoms with Crippen LogP contribution in [-0.2, 0) is 6.61 Å². The minimum Gasteiger partial charge on any atom is -0.458 e. The van der Waals surface area contributed by atoms with Gasteiger partial charge in [-0.3, -0.25) is 0 Å². The van der Waals surface area contributed by atoms with Crippen LogP contribution in [0, 0.1) is 30.2 Å². The molecule has 2 aromatic rings. The van der Waals surface area contributed by atoms with Gasteiger partial charge in [0, 0.05) is 11.6 Å². The number of nitrogens with zero attached hydrogens (tertiary/aromatic N) is 2. The molecule has 0 aliphatic heterocycles. The maximum Gasteiger partial charge on any atom is 0.318 e. The molecule has 0 saturated carbocycles. The molecule has 0 fully saturated rings. The molecule has 1 aromatic carbocycles. The van der Waals surface area contributed by atoms with Crippen LogP contribution in [-0.4, -0.2) is 9.97 Å². The molecule has 20 heavy (non-hydrogen) atoms. The van der Waals surface area contributed by atoms with E-state index in [1.165, 1.54) is 6.92 Å². The van der Waals surface area contributed by atoms with E-state index in [-0.39, 0.29) is 17.1 Å². The normalized spacial score (nSPS) is 10.7. The summed E-state index contributed by atoms with van der Waals surface area (Å²) in [5.41, 5.74) is 4.79. The Morgan fingerprint density at radius 2 is 1.85 bits per heavy atom. The van der Waals surface area contributed by atoms with Crippen molar-refractivity contribution in [1.82, 2.24) is 9.97 Å². The third-order valence-corrected chi connectivity index (χ3v) is 2.63. The van der Waals surface area contributed by atoms with Crippen LogP contribution in [0.25, 0.3) is 0 Å². The fraction of sp³-hybridized carbons (Fsp3) is 0.167. The number of hydrogen-bond acceptors (Lipinski definition) is 4. The van der Waals surface area contributed by atoms with Gasteiger partial charge in [-0.2, -0.15) is 4.98 Å². The van der Waals surface area contributed by atoms with Crippen LogP contribution in [0.4, 0.5) is 23.4 Å². The van der Waals surface area contributed by atoms with Gasteiger partial charge in [0.15, 0.2) is 23.3 Å². The van der Waals surface area contributed by atoms with Crippen molar-refractivity contribution in [3.63, 3.8) is 0 Å². The predicted molar refractivity (Wildman–Crippen MR) is 61.8 cm³/mol. The van der Waals surface area contributed by atoms with Crippen LogP contribution in [0.5, 0.6) is 6.01 Å². The van der Waals surface area contributed by atoms with E-state index in [2.05, 4.69) is 9.97 Å². The highest BCUT2D eigenvalue weighted by Gasteiger charge is 2.17. The van der Waals surface area contributed by atoms with E-state index < -0.39 is 35.7 Å². The number of rotatable bonds is 3. The topological polar surface area (TPSA) is 61.0 Å². The van der Waals surface area contributed by atoms with Crippen molar-refractivity contribution in [2.75, 3.05) is 5.73 Å². The lowest BCUT2D eigenvalue weighted by atomic mass is 10.1. The van der Waals surface area contributed by atoms with Gasteiger partial charge < -0.3 is 10.5 Å². The maximum absolute atomic E-state index is 13.5. The highest BCUT2D eigenvalue weighted by molar-refractivity contribution is 5.31. The quantitative estimate of drug-likeness (QED) is 0.696. The average molecular weight is 287 g/mol. The average Bonchev–Trinajstić information content (AvgIpc) is 2.40. The minimum atomic E-state index is -1.33. The van der Waals surface area contributed by atoms with Gasteiger partial charge in [0.1, 0.15) is 12.4 Å². The molecule has 0 saturated heterocycles. The molecule has 1 aromatic heterocycles. The lowest BCUT2D eigenvalue weighted by molar-refractivity contribution is 0.270. The molecule has 0 aliphatic rings. The molecule has 0 radical (unpaired) electrons. The molecule has 0 amide bonds. The Hall–Kier alpha value is -2.38. The number of ether oxygens (including phenoxy) is 1. The first-order chi connectivity index (χ1) is 9.40. The van der Waals surface area contributed by atoms with Crippen molar-refractivity contribution < 1.29 is 22.3 Å². The first-order valence-electron chi connectivity index (χ1n) is 5.44. The Labute approximate surface area is 111 Å². The Balaban J connectivity index is 2.25. The third kappa shape index (κ3) is 2.63. The fourth-order valence-corrected chi connectivity index (χ4v) is 1.48. The SMILES string of the molecule is Cc1c(F)cc(F)c(F)c1COc1ncc(F)c(N)n1. The summed E-state index contributed by atoms with van der Waals surface area (Å²) in [6, 6.07) is 0.118. The molecule has 1 heterocycles. The number of benzene rings is 1. The second-order valence-corrected chi connectivity index (χ2v) is 3.93. The van der Waals surface area contributed by atoms with Crippen molar-refractivity contribution in [2.45, 2.75) is 13.5 Å². The first kappa shape index (κ1) is 14.0. The number of hydrogen-bond donors (Lipinski definition) is 1. The lowest BCUT2D eigenvalue weighted by Crippen LogP contribution is -2.08. The summed E-state index contributed by atoms with van der Waals surface area (Å²) in [6.07, 6.45) is 0.771. The van der Waals surface area contributed by atoms with Gasteiger partial charge in [-0.05, 0) is 12.5 Å². The predicted octanol–water partition coefficient (Wildman–Crippen LogP) is 2.50. The molecule has 4 nitrogen and oxygen atoms in total. The van der Waals surface area contributed by atoms with Gasteiger partial charge in [-0.1, -0.05) is 0 Å². The van der Waals surface area contributed by atoms with Gasteiger partial charge in [0.05, 0.1) is 6.20 Å². The minimum absolute atomic E-state index is 0.0982. The van der Waals surface area contributed by atoms with Crippen molar-refractivity contribution in [3.8, 4) is 6.01 Å². The molecule has 0 bridgehead atoms. The van der Waals surface area contributed by atoms with E-state index in [1.807, 2.05) is 0 Å². The van der Waals surface area contributed by atoms with Crippen LogP contribution < -0.4 is 10.5 Å². The molecule has 2 N–H and O–H groups in total. The highest BCUT2D eigenvalue weighted by atomic mass is 19.2. The van der Waals surface area contributed by atoms with E-state index in [1.54, 1.807) is 0 Å². The zero-order chi connectivity index (χ0) is 14.9. The Morgan fingerprint density at radius 1 is 1.15 bits per heavy atom. The number of anilines is 1. The van der Waals surface area contributed by atoms with Gasteiger partial charge >= 0.3 is 6.01 Å². The zero-order valence-corrected chi connectivity index (χ0v) is 10.3. The molecule has 0 unspecified atom stereocenters. The maximum atomic E-state index is 13.5. The van der Waals surface area contributed by atoms with E-state index >= 15 is 0 Å². The Kier molecular flexibility index (Phi) is 3.73. The van der Waals surface area contributed by atoms with E-state index in [0.29, 0.717) is 6.07 Å². The molecule has 106 valence electrons. The zero-order valence-electron chi connectivity index (χ0n) is 10.3. The first-order valence-corrected chi connectivity index (χ1v) is 5.44. The van der Waals surface area contributed by atoms with Crippen molar-refractivity contribution in [3.05, 3.63) is 46.7 Å².